The van der Waals surface area contributed by atoms with Crippen LogP contribution in [0.1, 0.15) is 19.4 Å². The maximum atomic E-state index is 4.41. The van der Waals surface area contributed by atoms with E-state index in [1.807, 2.05) is 38.1 Å². The number of nitrogens with one attached hydrogen (secondary N) is 2. The lowest BCUT2D eigenvalue weighted by Gasteiger charge is -2.14. The number of aromatic nitrogens is 3. The van der Waals surface area contributed by atoms with Crippen LogP contribution < -0.4 is 15.5 Å². The second-order valence-electron chi connectivity index (χ2n) is 4.88. The van der Waals surface area contributed by atoms with Crippen molar-refractivity contribution in [2.24, 2.45) is 0 Å². The molecule has 0 amide bonds. The molecule has 2 rings (SSSR count). The third-order valence-electron chi connectivity index (χ3n) is 2.98. The normalized spacial score (nSPS) is 10.3. The lowest BCUT2D eigenvalue weighted by atomic mass is 10.1. The van der Waals surface area contributed by atoms with Crippen LogP contribution >= 0.6 is 0 Å². The van der Waals surface area contributed by atoms with Crippen molar-refractivity contribution < 1.29 is 0 Å². The van der Waals surface area contributed by atoms with Crippen molar-refractivity contribution in [2.45, 2.75) is 20.3 Å². The number of hydrogen-bond acceptors (Lipinski definition) is 6. The first-order chi connectivity index (χ1) is 10.1. The summed E-state index contributed by atoms with van der Waals surface area (Å²) in [5.74, 6) is 1.73. The number of anilines is 4. The highest BCUT2D eigenvalue weighted by atomic mass is 15.3. The van der Waals surface area contributed by atoms with Gasteiger partial charge in [0.1, 0.15) is 0 Å². The third-order valence-corrected chi connectivity index (χ3v) is 2.98. The monoisotopic (exact) mass is 286 g/mol. The Labute approximate surface area is 125 Å². The third kappa shape index (κ3) is 4.05. The molecule has 0 aliphatic carbocycles. The van der Waals surface area contributed by atoms with Crippen LogP contribution in [0.2, 0.25) is 0 Å². The fraction of sp³-hybridized carbons (Fsp3) is 0.400. The van der Waals surface area contributed by atoms with Crippen molar-refractivity contribution in [1.82, 2.24) is 15.0 Å². The van der Waals surface area contributed by atoms with Crippen molar-refractivity contribution in [3.8, 4) is 0 Å². The molecule has 0 fully saturated rings. The summed E-state index contributed by atoms with van der Waals surface area (Å²) in [6.07, 6.45) is 1.03. The molecule has 0 saturated carbocycles. The fourth-order valence-corrected chi connectivity index (χ4v) is 1.81. The van der Waals surface area contributed by atoms with Gasteiger partial charge in [-0.3, -0.25) is 0 Å². The Morgan fingerprint density at radius 2 is 1.62 bits per heavy atom. The van der Waals surface area contributed by atoms with Crippen LogP contribution in [0, 0.1) is 0 Å². The number of rotatable bonds is 6. The van der Waals surface area contributed by atoms with Gasteiger partial charge in [0.25, 0.3) is 0 Å². The van der Waals surface area contributed by atoms with Crippen molar-refractivity contribution >= 4 is 23.5 Å². The predicted octanol–water partition coefficient (Wildman–Crippen LogP) is 2.68. The zero-order valence-electron chi connectivity index (χ0n) is 13.0. The summed E-state index contributed by atoms with van der Waals surface area (Å²) in [6.45, 7) is 4.91. The van der Waals surface area contributed by atoms with E-state index in [0.717, 1.165) is 18.7 Å². The topological polar surface area (TPSA) is 66.0 Å². The Bertz CT molecular complexity index is 579. The summed E-state index contributed by atoms with van der Waals surface area (Å²) >= 11 is 0. The van der Waals surface area contributed by atoms with Gasteiger partial charge in [-0.1, -0.05) is 19.1 Å². The minimum absolute atomic E-state index is 0.536. The molecule has 1 heterocycles. The highest BCUT2D eigenvalue weighted by Crippen LogP contribution is 2.17. The van der Waals surface area contributed by atoms with Gasteiger partial charge in [-0.2, -0.15) is 15.0 Å². The van der Waals surface area contributed by atoms with E-state index in [2.05, 4.69) is 44.6 Å². The van der Waals surface area contributed by atoms with E-state index in [1.54, 1.807) is 0 Å². The highest BCUT2D eigenvalue weighted by Gasteiger charge is 2.07. The van der Waals surface area contributed by atoms with Gasteiger partial charge in [0, 0.05) is 26.3 Å². The van der Waals surface area contributed by atoms with Gasteiger partial charge in [-0.15, -0.1) is 0 Å². The standard InChI is InChI=1S/C15H22N6/c1-5-11-7-9-12(10-8-11)17-14-18-13(16-6-2)19-15(20-14)21(3)4/h7-10H,5-6H2,1-4H3,(H2,16,17,18,19,20). The average molecular weight is 286 g/mol. The number of nitrogens with zero attached hydrogens (tertiary/aromatic N) is 4. The molecule has 1 aromatic carbocycles. The first-order valence-electron chi connectivity index (χ1n) is 7.15. The van der Waals surface area contributed by atoms with Gasteiger partial charge in [0.05, 0.1) is 0 Å². The molecule has 112 valence electrons. The molecule has 0 aliphatic heterocycles. The number of hydrogen-bond donors (Lipinski definition) is 2. The summed E-state index contributed by atoms with van der Waals surface area (Å²) in [5.41, 5.74) is 2.27. The van der Waals surface area contributed by atoms with Crippen molar-refractivity contribution in [3.05, 3.63) is 29.8 Å². The predicted molar refractivity (Wildman–Crippen MR) is 87.4 cm³/mol. The molecule has 0 atom stereocenters. The second-order valence-corrected chi connectivity index (χ2v) is 4.88. The largest absolute Gasteiger partial charge is 0.354 e. The summed E-state index contributed by atoms with van der Waals surface area (Å²) in [7, 11) is 3.82. The van der Waals surface area contributed by atoms with Crippen molar-refractivity contribution in [1.29, 1.82) is 0 Å². The summed E-state index contributed by atoms with van der Waals surface area (Å²) in [5, 5.41) is 6.34. The van der Waals surface area contributed by atoms with Crippen LogP contribution in [-0.2, 0) is 6.42 Å². The first kappa shape index (κ1) is 15.0. The lowest BCUT2D eigenvalue weighted by molar-refractivity contribution is 0.953. The van der Waals surface area contributed by atoms with Gasteiger partial charge in [0.2, 0.25) is 17.8 Å². The molecule has 0 unspecified atom stereocenters. The number of aryl methyl sites for hydroxylation is 1. The van der Waals surface area contributed by atoms with Gasteiger partial charge in [-0.05, 0) is 31.0 Å². The summed E-state index contributed by atoms with van der Waals surface area (Å²) in [4.78, 5) is 15.0. The molecule has 0 spiro atoms. The lowest BCUT2D eigenvalue weighted by Crippen LogP contribution is -2.16. The van der Waals surface area contributed by atoms with E-state index in [9.17, 15) is 0 Å². The molecule has 0 radical (unpaired) electrons. The Morgan fingerprint density at radius 3 is 2.19 bits per heavy atom. The van der Waals surface area contributed by atoms with Gasteiger partial charge in [0.15, 0.2) is 0 Å². The van der Waals surface area contributed by atoms with E-state index >= 15 is 0 Å². The van der Waals surface area contributed by atoms with Crippen molar-refractivity contribution in [2.75, 3.05) is 36.2 Å². The minimum Gasteiger partial charge on any atom is -0.354 e. The Morgan fingerprint density at radius 1 is 0.952 bits per heavy atom. The number of benzene rings is 1. The van der Waals surface area contributed by atoms with Crippen LogP contribution in [0.5, 0.6) is 0 Å². The zero-order chi connectivity index (χ0) is 15.2. The van der Waals surface area contributed by atoms with E-state index in [0.29, 0.717) is 17.8 Å². The second kappa shape index (κ2) is 6.88. The molecule has 21 heavy (non-hydrogen) atoms. The quantitative estimate of drug-likeness (QED) is 0.851. The zero-order valence-corrected chi connectivity index (χ0v) is 13.0. The van der Waals surface area contributed by atoms with Crippen LogP contribution in [-0.4, -0.2) is 35.6 Å². The Kier molecular flexibility index (Phi) is 4.92. The SMILES string of the molecule is CCNc1nc(Nc2ccc(CC)cc2)nc(N(C)C)n1. The molecular weight excluding hydrogens is 264 g/mol. The molecule has 0 aliphatic rings. The van der Waals surface area contributed by atoms with Gasteiger partial charge in [-0.25, -0.2) is 0 Å². The van der Waals surface area contributed by atoms with Crippen LogP contribution in [0.3, 0.4) is 0 Å². The van der Waals surface area contributed by atoms with E-state index in [4.69, 9.17) is 0 Å². The average Bonchev–Trinajstić information content (AvgIpc) is 2.48. The van der Waals surface area contributed by atoms with Crippen LogP contribution in [0.15, 0.2) is 24.3 Å². The summed E-state index contributed by atoms with van der Waals surface area (Å²) < 4.78 is 0. The molecular formula is C15H22N6. The molecule has 2 aromatic rings. The van der Waals surface area contributed by atoms with E-state index in [1.165, 1.54) is 5.56 Å². The molecule has 2 N–H and O–H groups in total. The van der Waals surface area contributed by atoms with Crippen LogP contribution in [0.25, 0.3) is 0 Å². The maximum Gasteiger partial charge on any atom is 0.233 e. The summed E-state index contributed by atoms with van der Waals surface area (Å²) in [6, 6.07) is 8.26. The Balaban J connectivity index is 2.24. The smallest absolute Gasteiger partial charge is 0.233 e. The fourth-order valence-electron chi connectivity index (χ4n) is 1.81. The molecule has 6 heteroatoms. The molecule has 1 aromatic heterocycles. The van der Waals surface area contributed by atoms with Crippen molar-refractivity contribution in [3.63, 3.8) is 0 Å². The van der Waals surface area contributed by atoms with Gasteiger partial charge >= 0.3 is 0 Å². The first-order valence-corrected chi connectivity index (χ1v) is 7.15. The molecule has 0 saturated heterocycles. The van der Waals surface area contributed by atoms with Gasteiger partial charge < -0.3 is 15.5 Å². The molecule has 0 bridgehead atoms. The Hall–Kier alpha value is -2.37. The minimum atomic E-state index is 0.536. The van der Waals surface area contributed by atoms with E-state index in [-0.39, 0.29) is 0 Å². The van der Waals surface area contributed by atoms with E-state index < -0.39 is 0 Å². The molecule has 6 nitrogen and oxygen atoms in total. The highest BCUT2D eigenvalue weighted by molar-refractivity contribution is 5.56. The van der Waals surface area contributed by atoms with Crippen LogP contribution in [0.4, 0.5) is 23.5 Å². The maximum absolute atomic E-state index is 4.41.